The Bertz CT molecular complexity index is 980. The Hall–Kier alpha value is -3.93. The Morgan fingerprint density at radius 3 is 1.82 bits per heavy atom. The number of ether oxygens (including phenoxy) is 2. The lowest BCUT2D eigenvalue weighted by Crippen LogP contribution is -2.18. The van der Waals surface area contributed by atoms with E-state index in [4.69, 9.17) is 15.2 Å². The van der Waals surface area contributed by atoms with Crippen LogP contribution in [-0.2, 0) is 4.79 Å². The van der Waals surface area contributed by atoms with Gasteiger partial charge in [0, 0.05) is 16.7 Å². The number of hydrogen-bond acceptors (Lipinski definition) is 5. The van der Waals surface area contributed by atoms with E-state index >= 15 is 0 Å². The monoisotopic (exact) mass is 375 g/mol. The number of benzene rings is 3. The van der Waals surface area contributed by atoms with Crippen LogP contribution in [0.4, 0.5) is 0 Å². The standard InChI is InChI=1S/C22H17NO5/c23-22(26)17-8-12-19(13-9-17)28-20(24)14-27-18-10-6-16(7-11-18)21(25)15-4-2-1-3-5-15/h1-13H,14H2,(H2,23,26). The summed E-state index contributed by atoms with van der Waals surface area (Å²) in [6.07, 6.45) is 0. The third kappa shape index (κ3) is 4.82. The summed E-state index contributed by atoms with van der Waals surface area (Å²) in [7, 11) is 0. The molecule has 0 aliphatic carbocycles. The average molecular weight is 375 g/mol. The van der Waals surface area contributed by atoms with Gasteiger partial charge in [0.15, 0.2) is 12.4 Å². The third-order valence-corrected chi connectivity index (χ3v) is 3.88. The molecule has 0 aliphatic heterocycles. The van der Waals surface area contributed by atoms with Gasteiger partial charge in [-0.3, -0.25) is 9.59 Å². The zero-order valence-electron chi connectivity index (χ0n) is 14.8. The van der Waals surface area contributed by atoms with E-state index < -0.39 is 11.9 Å². The molecule has 0 spiro atoms. The molecule has 0 heterocycles. The molecule has 6 nitrogen and oxygen atoms in total. The smallest absolute Gasteiger partial charge is 0.349 e. The van der Waals surface area contributed by atoms with Gasteiger partial charge in [0.05, 0.1) is 0 Å². The first-order chi connectivity index (χ1) is 13.5. The largest absolute Gasteiger partial charge is 0.482 e. The maximum atomic E-state index is 12.3. The Kier molecular flexibility index (Phi) is 5.81. The summed E-state index contributed by atoms with van der Waals surface area (Å²) in [6.45, 7) is -0.302. The molecule has 0 atom stereocenters. The minimum Gasteiger partial charge on any atom is -0.482 e. The van der Waals surface area contributed by atoms with Crippen LogP contribution in [0.5, 0.6) is 11.5 Å². The fourth-order valence-corrected chi connectivity index (χ4v) is 2.45. The van der Waals surface area contributed by atoms with Gasteiger partial charge in [0.2, 0.25) is 5.91 Å². The highest BCUT2D eigenvalue weighted by atomic mass is 16.6. The van der Waals surface area contributed by atoms with Crippen molar-refractivity contribution in [3.63, 3.8) is 0 Å². The normalized spacial score (nSPS) is 10.1. The van der Waals surface area contributed by atoms with Gasteiger partial charge in [-0.1, -0.05) is 30.3 Å². The highest BCUT2D eigenvalue weighted by Crippen LogP contribution is 2.16. The number of esters is 1. The number of nitrogens with two attached hydrogens (primary N) is 1. The van der Waals surface area contributed by atoms with Gasteiger partial charge in [-0.15, -0.1) is 0 Å². The second kappa shape index (κ2) is 8.64. The molecule has 3 aromatic carbocycles. The van der Waals surface area contributed by atoms with Gasteiger partial charge in [-0.2, -0.15) is 0 Å². The first-order valence-electron chi connectivity index (χ1n) is 8.46. The second-order valence-corrected chi connectivity index (χ2v) is 5.87. The van der Waals surface area contributed by atoms with Crippen molar-refractivity contribution in [3.8, 4) is 11.5 Å². The van der Waals surface area contributed by atoms with E-state index in [0.717, 1.165) is 0 Å². The van der Waals surface area contributed by atoms with Gasteiger partial charge in [0.1, 0.15) is 11.5 Å². The van der Waals surface area contributed by atoms with Crippen molar-refractivity contribution < 1.29 is 23.9 Å². The lowest BCUT2D eigenvalue weighted by atomic mass is 10.0. The van der Waals surface area contributed by atoms with Crippen molar-refractivity contribution in [2.24, 2.45) is 5.73 Å². The van der Waals surface area contributed by atoms with E-state index in [2.05, 4.69) is 0 Å². The minimum atomic E-state index is -0.601. The number of carbonyl (C=O) groups is 3. The van der Waals surface area contributed by atoms with Crippen molar-refractivity contribution in [3.05, 3.63) is 95.6 Å². The molecule has 3 rings (SSSR count). The fraction of sp³-hybridized carbons (Fsp3) is 0.0455. The number of primary amides is 1. The van der Waals surface area contributed by atoms with Crippen molar-refractivity contribution in [2.75, 3.05) is 6.61 Å². The molecule has 0 radical (unpaired) electrons. The van der Waals surface area contributed by atoms with Crippen LogP contribution in [0, 0.1) is 0 Å². The zero-order valence-corrected chi connectivity index (χ0v) is 14.8. The molecule has 0 bridgehead atoms. The molecule has 0 fully saturated rings. The summed E-state index contributed by atoms with van der Waals surface area (Å²) in [4.78, 5) is 35.2. The summed E-state index contributed by atoms with van der Waals surface area (Å²) in [5.74, 6) is -0.536. The van der Waals surface area contributed by atoms with Gasteiger partial charge in [0.25, 0.3) is 0 Å². The van der Waals surface area contributed by atoms with Crippen LogP contribution < -0.4 is 15.2 Å². The molecule has 0 unspecified atom stereocenters. The Morgan fingerprint density at radius 2 is 1.21 bits per heavy atom. The number of amides is 1. The van der Waals surface area contributed by atoms with E-state index in [1.807, 2.05) is 6.07 Å². The molecule has 2 N–H and O–H groups in total. The molecular formula is C22H17NO5. The summed E-state index contributed by atoms with van der Waals surface area (Å²) in [6, 6.07) is 21.3. The molecule has 0 saturated carbocycles. The van der Waals surface area contributed by atoms with Gasteiger partial charge in [-0.05, 0) is 48.5 Å². The van der Waals surface area contributed by atoms with Crippen LogP contribution in [0.3, 0.4) is 0 Å². The second-order valence-electron chi connectivity index (χ2n) is 5.87. The molecule has 0 aromatic heterocycles. The average Bonchev–Trinajstić information content (AvgIpc) is 2.73. The molecular weight excluding hydrogens is 358 g/mol. The first-order valence-corrected chi connectivity index (χ1v) is 8.46. The molecule has 3 aromatic rings. The predicted molar refractivity (Wildman–Crippen MR) is 102 cm³/mol. The van der Waals surface area contributed by atoms with Gasteiger partial charge in [-0.25, -0.2) is 4.79 Å². The van der Waals surface area contributed by atoms with Crippen LogP contribution in [0.25, 0.3) is 0 Å². The van der Waals surface area contributed by atoms with Crippen LogP contribution in [0.1, 0.15) is 26.3 Å². The Labute approximate surface area is 161 Å². The maximum absolute atomic E-state index is 12.3. The summed E-state index contributed by atoms with van der Waals surface area (Å²) < 4.78 is 10.5. The van der Waals surface area contributed by atoms with E-state index in [0.29, 0.717) is 22.4 Å². The molecule has 6 heteroatoms. The predicted octanol–water partition coefficient (Wildman–Crippen LogP) is 3.00. The maximum Gasteiger partial charge on any atom is 0.349 e. The first kappa shape index (κ1) is 18.8. The zero-order chi connectivity index (χ0) is 19.9. The number of carbonyl (C=O) groups excluding carboxylic acids is 3. The van der Waals surface area contributed by atoms with Crippen molar-refractivity contribution >= 4 is 17.7 Å². The Balaban J connectivity index is 1.53. The molecule has 28 heavy (non-hydrogen) atoms. The highest BCUT2D eigenvalue weighted by molar-refractivity contribution is 6.09. The quantitative estimate of drug-likeness (QED) is 0.389. The Morgan fingerprint density at radius 1 is 0.679 bits per heavy atom. The fourth-order valence-electron chi connectivity index (χ4n) is 2.45. The SMILES string of the molecule is NC(=O)c1ccc(OC(=O)COc2ccc(C(=O)c3ccccc3)cc2)cc1. The summed E-state index contributed by atoms with van der Waals surface area (Å²) in [5, 5.41) is 0. The van der Waals surface area contributed by atoms with Crippen LogP contribution in [0.2, 0.25) is 0 Å². The van der Waals surface area contributed by atoms with Gasteiger partial charge < -0.3 is 15.2 Å². The van der Waals surface area contributed by atoms with E-state index in [1.165, 1.54) is 24.3 Å². The lowest BCUT2D eigenvalue weighted by molar-refractivity contribution is -0.136. The van der Waals surface area contributed by atoms with Crippen LogP contribution in [0.15, 0.2) is 78.9 Å². The van der Waals surface area contributed by atoms with Crippen LogP contribution >= 0.6 is 0 Å². The van der Waals surface area contributed by atoms with E-state index in [9.17, 15) is 14.4 Å². The molecule has 0 aliphatic rings. The third-order valence-electron chi connectivity index (χ3n) is 3.88. The topological polar surface area (TPSA) is 95.7 Å². The van der Waals surface area contributed by atoms with Crippen molar-refractivity contribution in [2.45, 2.75) is 0 Å². The molecule has 140 valence electrons. The molecule has 0 saturated heterocycles. The van der Waals surface area contributed by atoms with Crippen LogP contribution in [-0.4, -0.2) is 24.3 Å². The van der Waals surface area contributed by atoms with Gasteiger partial charge >= 0.3 is 5.97 Å². The molecule has 1 amide bonds. The van der Waals surface area contributed by atoms with E-state index in [-0.39, 0.29) is 18.1 Å². The number of rotatable bonds is 7. The summed E-state index contributed by atoms with van der Waals surface area (Å²) >= 11 is 0. The lowest BCUT2D eigenvalue weighted by Gasteiger charge is -2.08. The van der Waals surface area contributed by atoms with E-state index in [1.54, 1.807) is 48.5 Å². The number of hydrogen-bond donors (Lipinski definition) is 1. The number of ketones is 1. The highest BCUT2D eigenvalue weighted by Gasteiger charge is 2.10. The minimum absolute atomic E-state index is 0.0917. The van der Waals surface area contributed by atoms with Crippen molar-refractivity contribution in [1.29, 1.82) is 0 Å². The summed E-state index contributed by atoms with van der Waals surface area (Å²) in [5.41, 5.74) is 6.60. The van der Waals surface area contributed by atoms with Crippen molar-refractivity contribution in [1.82, 2.24) is 0 Å².